The number of carbonyl (C=O) groups is 1. The fourth-order valence-electron chi connectivity index (χ4n) is 2.67. The van der Waals surface area contributed by atoms with Crippen molar-refractivity contribution in [2.75, 3.05) is 27.2 Å². The zero-order valence-corrected chi connectivity index (χ0v) is 22.5. The highest BCUT2D eigenvalue weighted by Crippen LogP contribution is 2.11. The molecule has 5 heteroatoms. The first-order valence-corrected chi connectivity index (χ1v) is 12.1. The molecule has 0 saturated heterocycles. The van der Waals surface area contributed by atoms with Crippen molar-refractivity contribution in [1.29, 1.82) is 0 Å². The van der Waals surface area contributed by atoms with Crippen LogP contribution in [0.3, 0.4) is 0 Å². The van der Waals surface area contributed by atoms with Crippen LogP contribution in [0, 0.1) is 0 Å². The summed E-state index contributed by atoms with van der Waals surface area (Å²) in [6.45, 7) is 18.0. The zero-order valence-electron chi connectivity index (χ0n) is 21.8. The molecule has 0 rings (SSSR count). The van der Waals surface area contributed by atoms with Crippen LogP contribution in [0.25, 0.3) is 0 Å². The largest absolute Gasteiger partial charge is 0.504 e. The standard InChI is InChI=1S/C21H35ClN2O.C6H12O/c1-7-13-17(4)18(5)24(6)15-12-10-11-14-23-21(25)19(8-2)16-20(22)9-3;1-4-6(2)5-7-3/h7,9,13,16,18H,4,8,10-12,14-15H2,1-3,5-6H3,(H,23,25);5H,4H2,1-3H3/b13-7-,19-16+,20-9+;6-5+. The Morgan fingerprint density at radius 1 is 1.19 bits per heavy atom. The minimum atomic E-state index is -0.0177. The lowest BCUT2D eigenvalue weighted by Crippen LogP contribution is -2.31. The minimum Gasteiger partial charge on any atom is -0.504 e. The topological polar surface area (TPSA) is 41.6 Å². The number of likely N-dealkylation sites (N-methyl/N-ethyl adjacent to an activating group) is 1. The summed E-state index contributed by atoms with van der Waals surface area (Å²) in [5.41, 5.74) is 3.14. The highest BCUT2D eigenvalue weighted by Gasteiger charge is 2.10. The van der Waals surface area contributed by atoms with Crippen molar-refractivity contribution in [3.63, 3.8) is 0 Å². The average molecular weight is 467 g/mol. The third-order valence-corrected chi connectivity index (χ3v) is 5.52. The molecule has 32 heavy (non-hydrogen) atoms. The van der Waals surface area contributed by atoms with E-state index in [4.69, 9.17) is 16.3 Å². The Morgan fingerprint density at radius 2 is 1.84 bits per heavy atom. The Morgan fingerprint density at radius 3 is 2.31 bits per heavy atom. The number of amides is 1. The number of allylic oxidation sites excluding steroid dienone is 5. The number of halogens is 1. The van der Waals surface area contributed by atoms with Crippen LogP contribution in [0.4, 0.5) is 0 Å². The molecule has 0 radical (unpaired) electrons. The summed E-state index contributed by atoms with van der Waals surface area (Å²) >= 11 is 5.97. The van der Waals surface area contributed by atoms with E-state index in [1.54, 1.807) is 25.5 Å². The Labute approximate surface area is 203 Å². The maximum atomic E-state index is 12.1. The quantitative estimate of drug-likeness (QED) is 0.128. The van der Waals surface area contributed by atoms with Gasteiger partial charge < -0.3 is 10.1 Å². The lowest BCUT2D eigenvalue weighted by molar-refractivity contribution is -0.117. The van der Waals surface area contributed by atoms with Crippen molar-refractivity contribution in [1.82, 2.24) is 10.2 Å². The second kappa shape index (κ2) is 21.1. The normalized spacial score (nSPS) is 13.6. The van der Waals surface area contributed by atoms with Crippen LogP contribution >= 0.6 is 11.6 Å². The van der Waals surface area contributed by atoms with Gasteiger partial charge in [0, 0.05) is 23.2 Å². The van der Waals surface area contributed by atoms with E-state index in [9.17, 15) is 4.79 Å². The summed E-state index contributed by atoms with van der Waals surface area (Å²) in [5, 5.41) is 3.58. The summed E-state index contributed by atoms with van der Waals surface area (Å²) < 4.78 is 4.73. The zero-order chi connectivity index (χ0) is 24.9. The number of hydrogen-bond acceptors (Lipinski definition) is 3. The van der Waals surface area contributed by atoms with Crippen molar-refractivity contribution in [2.45, 2.75) is 79.7 Å². The molecule has 0 saturated carbocycles. The fourth-order valence-corrected chi connectivity index (χ4v) is 2.80. The van der Waals surface area contributed by atoms with Gasteiger partial charge in [0.1, 0.15) is 0 Å². The molecule has 1 N–H and O–H groups in total. The lowest BCUT2D eigenvalue weighted by atomic mass is 10.1. The predicted molar refractivity (Wildman–Crippen MR) is 142 cm³/mol. The smallest absolute Gasteiger partial charge is 0.247 e. The van der Waals surface area contributed by atoms with Crippen LogP contribution in [-0.4, -0.2) is 44.1 Å². The molecule has 0 aromatic heterocycles. The van der Waals surface area contributed by atoms with Gasteiger partial charge in [0.25, 0.3) is 0 Å². The molecule has 184 valence electrons. The van der Waals surface area contributed by atoms with E-state index < -0.39 is 0 Å². The Balaban J connectivity index is 0. The maximum Gasteiger partial charge on any atom is 0.247 e. The molecule has 0 aromatic rings. The Kier molecular flexibility index (Phi) is 21.3. The summed E-state index contributed by atoms with van der Waals surface area (Å²) in [5.74, 6) is -0.0177. The van der Waals surface area contributed by atoms with Gasteiger partial charge in [-0.15, -0.1) is 0 Å². The third kappa shape index (κ3) is 16.9. The second-order valence-electron chi connectivity index (χ2n) is 7.80. The number of unbranched alkanes of at least 4 members (excludes halogenated alkanes) is 2. The van der Waals surface area contributed by atoms with Crippen molar-refractivity contribution in [3.8, 4) is 0 Å². The minimum absolute atomic E-state index is 0.0177. The molecular formula is C27H47ClN2O2. The van der Waals surface area contributed by atoms with Crippen LogP contribution in [-0.2, 0) is 9.53 Å². The molecule has 1 amide bonds. The summed E-state index contributed by atoms with van der Waals surface area (Å²) in [7, 11) is 3.80. The van der Waals surface area contributed by atoms with E-state index in [1.165, 1.54) is 5.57 Å². The van der Waals surface area contributed by atoms with Gasteiger partial charge in [-0.05, 0) is 84.2 Å². The molecule has 0 aromatic carbocycles. The Hall–Kier alpha value is -1.78. The van der Waals surface area contributed by atoms with Crippen LogP contribution in [0.5, 0.6) is 0 Å². The number of nitrogens with zero attached hydrogens (tertiary/aromatic N) is 1. The first-order chi connectivity index (χ1) is 15.2. The van der Waals surface area contributed by atoms with Crippen LogP contribution in [0.1, 0.15) is 73.6 Å². The van der Waals surface area contributed by atoms with Crippen molar-refractivity contribution in [2.24, 2.45) is 0 Å². The van der Waals surface area contributed by atoms with Gasteiger partial charge >= 0.3 is 0 Å². The van der Waals surface area contributed by atoms with Gasteiger partial charge in [-0.1, -0.05) is 56.7 Å². The van der Waals surface area contributed by atoms with Gasteiger partial charge in [-0.2, -0.15) is 0 Å². The molecule has 0 heterocycles. The van der Waals surface area contributed by atoms with E-state index in [0.717, 1.165) is 43.4 Å². The third-order valence-electron chi connectivity index (χ3n) is 5.19. The molecule has 0 aliphatic carbocycles. The van der Waals surface area contributed by atoms with E-state index >= 15 is 0 Å². The number of hydrogen-bond donors (Lipinski definition) is 1. The summed E-state index contributed by atoms with van der Waals surface area (Å²) in [6.07, 6.45) is 14.3. The molecule has 0 spiro atoms. The van der Waals surface area contributed by atoms with E-state index in [-0.39, 0.29) is 5.91 Å². The fraction of sp³-hybridized carbons (Fsp3) is 0.593. The van der Waals surface area contributed by atoms with Crippen LogP contribution in [0.15, 0.2) is 58.9 Å². The molecule has 1 unspecified atom stereocenters. The predicted octanol–water partition coefficient (Wildman–Crippen LogP) is 7.15. The first kappa shape index (κ1) is 32.4. The molecule has 0 fully saturated rings. The monoisotopic (exact) mass is 466 g/mol. The SMILES string of the molecule is C=C(/C=C\C)C(C)N(C)CCCCCNC(=O)/C(=C/C(Cl)=C\C)CC.CC/C(C)=C/OC. The molecular weight excluding hydrogens is 420 g/mol. The first-order valence-electron chi connectivity index (χ1n) is 11.7. The van der Waals surface area contributed by atoms with Gasteiger partial charge in [-0.3, -0.25) is 9.69 Å². The lowest BCUT2D eigenvalue weighted by Gasteiger charge is -2.25. The van der Waals surface area contributed by atoms with E-state index in [1.807, 2.05) is 33.8 Å². The maximum absolute atomic E-state index is 12.1. The Bertz CT molecular complexity index is 648. The van der Waals surface area contributed by atoms with E-state index in [2.05, 4.69) is 43.8 Å². The molecule has 1 atom stereocenters. The van der Waals surface area contributed by atoms with Gasteiger partial charge in [0.15, 0.2) is 0 Å². The van der Waals surface area contributed by atoms with Gasteiger partial charge in [-0.25, -0.2) is 0 Å². The van der Waals surface area contributed by atoms with E-state index in [0.29, 0.717) is 24.0 Å². The highest BCUT2D eigenvalue weighted by molar-refractivity contribution is 6.31. The van der Waals surface area contributed by atoms with Crippen molar-refractivity contribution < 1.29 is 9.53 Å². The van der Waals surface area contributed by atoms with Gasteiger partial charge in [0.2, 0.25) is 5.91 Å². The number of carbonyl (C=O) groups excluding carboxylic acids is 1. The van der Waals surface area contributed by atoms with Crippen molar-refractivity contribution in [3.05, 3.63) is 58.9 Å². The molecule has 0 bridgehead atoms. The highest BCUT2D eigenvalue weighted by atomic mass is 35.5. The van der Waals surface area contributed by atoms with Gasteiger partial charge in [0.05, 0.1) is 13.4 Å². The molecule has 0 aliphatic rings. The average Bonchev–Trinajstić information content (AvgIpc) is 2.79. The second-order valence-corrected chi connectivity index (χ2v) is 8.23. The van der Waals surface area contributed by atoms with Crippen molar-refractivity contribution >= 4 is 17.5 Å². The molecule has 4 nitrogen and oxygen atoms in total. The number of nitrogens with one attached hydrogen (secondary N) is 1. The van der Waals surface area contributed by atoms with Crippen LogP contribution < -0.4 is 5.32 Å². The summed E-state index contributed by atoms with van der Waals surface area (Å²) in [4.78, 5) is 14.4. The molecule has 0 aliphatic heterocycles. The number of ether oxygens (including phenoxy) is 1. The summed E-state index contributed by atoms with van der Waals surface area (Å²) in [6, 6.07) is 0.351. The number of methoxy groups -OCH3 is 1. The van der Waals surface area contributed by atoms with Crippen LogP contribution in [0.2, 0.25) is 0 Å². The number of rotatable bonds is 14.